The molecule has 6 heteroatoms. The van der Waals surface area contributed by atoms with E-state index in [4.69, 9.17) is 9.47 Å². The largest absolute Gasteiger partial charge is 0.462 e. The van der Waals surface area contributed by atoms with E-state index in [0.717, 1.165) is 0 Å². The van der Waals surface area contributed by atoms with Gasteiger partial charge in [0.15, 0.2) is 0 Å². The number of ether oxygens (including phenoxy) is 2. The van der Waals surface area contributed by atoms with E-state index in [1.54, 1.807) is 6.92 Å². The van der Waals surface area contributed by atoms with Crippen molar-refractivity contribution in [3.8, 4) is 0 Å². The van der Waals surface area contributed by atoms with Gasteiger partial charge >= 0.3 is 11.9 Å². The maximum Gasteiger partial charge on any atom is 0.306 e. The predicted molar refractivity (Wildman–Crippen MR) is 66.3 cm³/mol. The standard InChI is InChI=1S/C13H20O6/c1-9(14)4-6-12(16)18-8-11(3)19-13(17)7-5-10(2)15/h11H,4-8H2,1-3H3. The highest BCUT2D eigenvalue weighted by Gasteiger charge is 2.13. The summed E-state index contributed by atoms with van der Waals surface area (Å²) in [4.78, 5) is 43.8. The molecule has 0 N–H and O–H groups in total. The third-order valence-corrected chi connectivity index (χ3v) is 2.17. The van der Waals surface area contributed by atoms with Crippen LogP contribution in [0.3, 0.4) is 0 Å². The van der Waals surface area contributed by atoms with Crippen LogP contribution >= 0.6 is 0 Å². The fourth-order valence-corrected chi connectivity index (χ4v) is 1.16. The fraction of sp³-hybridized carbons (Fsp3) is 0.692. The zero-order valence-corrected chi connectivity index (χ0v) is 11.6. The Kier molecular flexibility index (Phi) is 8.41. The summed E-state index contributed by atoms with van der Waals surface area (Å²) in [6, 6.07) is 0. The molecule has 0 aliphatic rings. The number of Topliss-reactive ketones (excluding diaryl/α,β-unsaturated/α-hetero) is 2. The van der Waals surface area contributed by atoms with Crippen LogP contribution < -0.4 is 0 Å². The monoisotopic (exact) mass is 272 g/mol. The smallest absolute Gasteiger partial charge is 0.306 e. The van der Waals surface area contributed by atoms with Gasteiger partial charge in [0.25, 0.3) is 0 Å². The molecule has 0 amide bonds. The third-order valence-electron chi connectivity index (χ3n) is 2.17. The highest BCUT2D eigenvalue weighted by atomic mass is 16.6. The first kappa shape index (κ1) is 17.3. The summed E-state index contributed by atoms with van der Waals surface area (Å²) < 4.78 is 9.79. The minimum absolute atomic E-state index is 0.0258. The van der Waals surface area contributed by atoms with Crippen molar-refractivity contribution in [2.45, 2.75) is 52.6 Å². The molecule has 0 spiro atoms. The van der Waals surface area contributed by atoms with Crippen molar-refractivity contribution in [3.05, 3.63) is 0 Å². The predicted octanol–water partition coefficient (Wildman–Crippen LogP) is 1.20. The third kappa shape index (κ3) is 11.1. The van der Waals surface area contributed by atoms with Crippen LogP contribution in [-0.4, -0.2) is 36.2 Å². The Balaban J connectivity index is 3.76. The summed E-state index contributed by atoms with van der Waals surface area (Å²) in [5.41, 5.74) is 0. The Labute approximate surface area is 112 Å². The molecule has 0 rings (SSSR count). The van der Waals surface area contributed by atoms with Crippen LogP contribution in [0.4, 0.5) is 0 Å². The number of carbonyl (C=O) groups is 4. The first-order valence-electron chi connectivity index (χ1n) is 6.15. The van der Waals surface area contributed by atoms with Gasteiger partial charge in [0.05, 0.1) is 12.8 Å². The quantitative estimate of drug-likeness (QED) is 0.586. The lowest BCUT2D eigenvalue weighted by molar-refractivity contribution is -0.158. The molecule has 0 aromatic rings. The van der Waals surface area contributed by atoms with Gasteiger partial charge in [-0.1, -0.05) is 0 Å². The summed E-state index contributed by atoms with van der Waals surface area (Å²) in [6.45, 7) is 4.33. The lowest BCUT2D eigenvalue weighted by Gasteiger charge is -2.13. The molecule has 0 aliphatic heterocycles. The summed E-state index contributed by atoms with van der Waals surface area (Å²) in [5.74, 6) is -1.16. The number of esters is 2. The molecule has 0 radical (unpaired) electrons. The van der Waals surface area contributed by atoms with Crippen molar-refractivity contribution < 1.29 is 28.7 Å². The van der Waals surface area contributed by atoms with E-state index in [-0.39, 0.29) is 43.9 Å². The van der Waals surface area contributed by atoms with Gasteiger partial charge in [-0.2, -0.15) is 0 Å². The van der Waals surface area contributed by atoms with Gasteiger partial charge in [-0.25, -0.2) is 0 Å². The molecule has 1 unspecified atom stereocenters. The van der Waals surface area contributed by atoms with Crippen molar-refractivity contribution in [2.24, 2.45) is 0 Å². The molecule has 6 nitrogen and oxygen atoms in total. The van der Waals surface area contributed by atoms with Crippen molar-refractivity contribution in [1.82, 2.24) is 0 Å². The number of ketones is 2. The topological polar surface area (TPSA) is 86.7 Å². The molecular weight excluding hydrogens is 252 g/mol. The Morgan fingerprint density at radius 3 is 1.79 bits per heavy atom. The number of hydrogen-bond donors (Lipinski definition) is 0. The summed E-state index contributed by atoms with van der Waals surface area (Å²) in [7, 11) is 0. The average molecular weight is 272 g/mol. The fourth-order valence-electron chi connectivity index (χ4n) is 1.16. The van der Waals surface area contributed by atoms with Crippen LogP contribution in [-0.2, 0) is 28.7 Å². The van der Waals surface area contributed by atoms with Crippen LogP contribution in [0.5, 0.6) is 0 Å². The van der Waals surface area contributed by atoms with Gasteiger partial charge in [0.1, 0.15) is 24.3 Å². The normalized spacial score (nSPS) is 11.5. The Bertz CT molecular complexity index is 347. The van der Waals surface area contributed by atoms with E-state index in [1.165, 1.54) is 13.8 Å². The van der Waals surface area contributed by atoms with Crippen LogP contribution in [0, 0.1) is 0 Å². The molecular formula is C13H20O6. The van der Waals surface area contributed by atoms with Crippen molar-refractivity contribution >= 4 is 23.5 Å². The van der Waals surface area contributed by atoms with E-state index in [2.05, 4.69) is 0 Å². The molecule has 0 saturated carbocycles. The Morgan fingerprint density at radius 2 is 1.32 bits per heavy atom. The van der Waals surface area contributed by atoms with Crippen molar-refractivity contribution in [3.63, 3.8) is 0 Å². The molecule has 0 aromatic heterocycles. The first-order valence-corrected chi connectivity index (χ1v) is 6.15. The Hall–Kier alpha value is -1.72. The number of carbonyl (C=O) groups excluding carboxylic acids is 4. The molecule has 108 valence electrons. The van der Waals surface area contributed by atoms with Crippen LogP contribution in [0.15, 0.2) is 0 Å². The first-order chi connectivity index (χ1) is 8.81. The lowest BCUT2D eigenvalue weighted by Crippen LogP contribution is -2.22. The van der Waals surface area contributed by atoms with E-state index in [9.17, 15) is 19.2 Å². The molecule has 0 saturated heterocycles. The summed E-state index contributed by atoms with van der Waals surface area (Å²) in [5, 5.41) is 0. The molecule has 0 aliphatic carbocycles. The molecule has 0 fully saturated rings. The second-order valence-corrected chi connectivity index (χ2v) is 4.39. The number of hydrogen-bond acceptors (Lipinski definition) is 6. The van der Waals surface area contributed by atoms with E-state index >= 15 is 0 Å². The van der Waals surface area contributed by atoms with Gasteiger partial charge in [-0.15, -0.1) is 0 Å². The van der Waals surface area contributed by atoms with Gasteiger partial charge in [0.2, 0.25) is 0 Å². The highest BCUT2D eigenvalue weighted by molar-refractivity contribution is 5.81. The summed E-state index contributed by atoms with van der Waals surface area (Å²) >= 11 is 0. The van der Waals surface area contributed by atoms with E-state index < -0.39 is 18.0 Å². The Morgan fingerprint density at radius 1 is 0.842 bits per heavy atom. The molecule has 0 aromatic carbocycles. The zero-order chi connectivity index (χ0) is 14.8. The minimum atomic E-state index is -0.569. The SMILES string of the molecule is CC(=O)CCC(=O)OCC(C)OC(=O)CCC(C)=O. The van der Waals surface area contributed by atoms with Crippen molar-refractivity contribution in [1.29, 1.82) is 0 Å². The zero-order valence-electron chi connectivity index (χ0n) is 11.6. The molecule has 0 bridgehead atoms. The van der Waals surface area contributed by atoms with Gasteiger partial charge in [0, 0.05) is 12.8 Å². The van der Waals surface area contributed by atoms with Crippen molar-refractivity contribution in [2.75, 3.05) is 6.61 Å². The molecule has 1 atom stereocenters. The maximum absolute atomic E-state index is 11.3. The van der Waals surface area contributed by atoms with Crippen LogP contribution in [0.25, 0.3) is 0 Å². The molecule has 19 heavy (non-hydrogen) atoms. The van der Waals surface area contributed by atoms with Gasteiger partial charge < -0.3 is 19.1 Å². The highest BCUT2D eigenvalue weighted by Crippen LogP contribution is 2.01. The van der Waals surface area contributed by atoms with Crippen LogP contribution in [0.1, 0.15) is 46.5 Å². The number of rotatable bonds is 9. The average Bonchev–Trinajstić information content (AvgIpc) is 2.31. The van der Waals surface area contributed by atoms with Gasteiger partial charge in [-0.3, -0.25) is 9.59 Å². The lowest BCUT2D eigenvalue weighted by atomic mass is 10.2. The van der Waals surface area contributed by atoms with Crippen LogP contribution in [0.2, 0.25) is 0 Å². The second-order valence-electron chi connectivity index (χ2n) is 4.39. The van der Waals surface area contributed by atoms with Gasteiger partial charge in [-0.05, 0) is 20.8 Å². The molecule has 0 heterocycles. The summed E-state index contributed by atoms with van der Waals surface area (Å²) in [6.07, 6.45) is -0.228. The van der Waals surface area contributed by atoms with E-state index in [1.807, 2.05) is 0 Å². The van der Waals surface area contributed by atoms with E-state index in [0.29, 0.717) is 0 Å². The maximum atomic E-state index is 11.3. The second kappa shape index (κ2) is 9.24. The minimum Gasteiger partial charge on any atom is -0.462 e.